The first-order valence-electron chi connectivity index (χ1n) is 10.2. The van der Waals surface area contributed by atoms with E-state index in [2.05, 4.69) is 5.32 Å². The zero-order valence-electron chi connectivity index (χ0n) is 16.9. The molecular weight excluding hydrogens is 402 g/mol. The normalized spacial score (nSPS) is 16.2. The van der Waals surface area contributed by atoms with E-state index in [4.69, 9.17) is 0 Å². The van der Waals surface area contributed by atoms with E-state index in [1.165, 1.54) is 4.31 Å². The standard InChI is InChI=1S/C22H25N3O4S/c1-2-30(28,29)24-13-11-16(12-14-24)23-21(26)15-25-19-9-5-3-7-17(19)22(27)18-8-4-6-10-20(18)25/h3-10,16H,2,11-15H2,1H3,(H,23,26). The van der Waals surface area contributed by atoms with Crippen molar-refractivity contribution in [2.24, 2.45) is 0 Å². The van der Waals surface area contributed by atoms with E-state index in [9.17, 15) is 18.0 Å². The zero-order valence-corrected chi connectivity index (χ0v) is 17.7. The molecule has 158 valence electrons. The average molecular weight is 428 g/mol. The average Bonchev–Trinajstić information content (AvgIpc) is 2.77. The van der Waals surface area contributed by atoms with Crippen LogP contribution in [-0.4, -0.2) is 48.1 Å². The molecule has 1 aliphatic rings. The van der Waals surface area contributed by atoms with E-state index in [0.29, 0.717) is 36.7 Å². The van der Waals surface area contributed by atoms with Crippen LogP contribution in [0, 0.1) is 0 Å². The summed E-state index contributed by atoms with van der Waals surface area (Å²) in [5.41, 5.74) is 1.41. The maximum Gasteiger partial charge on any atom is 0.240 e. The molecule has 2 aromatic carbocycles. The molecule has 1 aliphatic heterocycles. The topological polar surface area (TPSA) is 88.5 Å². The fourth-order valence-electron chi connectivity index (χ4n) is 4.13. The number of amides is 1. The molecule has 0 radical (unpaired) electrons. The van der Waals surface area contributed by atoms with Gasteiger partial charge in [-0.3, -0.25) is 9.59 Å². The van der Waals surface area contributed by atoms with Crippen LogP contribution in [0.25, 0.3) is 21.8 Å². The molecule has 1 fully saturated rings. The number of fused-ring (bicyclic) bond motifs is 2. The van der Waals surface area contributed by atoms with Crippen LogP contribution < -0.4 is 10.7 Å². The lowest BCUT2D eigenvalue weighted by Gasteiger charge is -2.31. The number of nitrogens with one attached hydrogen (secondary N) is 1. The highest BCUT2D eigenvalue weighted by Gasteiger charge is 2.27. The Kier molecular flexibility index (Phi) is 5.62. The molecule has 8 heteroatoms. The molecule has 0 atom stereocenters. The predicted octanol–water partition coefficient (Wildman–Crippen LogP) is 2.08. The third-order valence-corrected chi connectivity index (χ3v) is 7.64. The van der Waals surface area contributed by atoms with Crippen LogP contribution in [0.3, 0.4) is 0 Å². The van der Waals surface area contributed by atoms with Gasteiger partial charge in [-0.25, -0.2) is 12.7 Å². The van der Waals surface area contributed by atoms with Crippen molar-refractivity contribution in [3.63, 3.8) is 0 Å². The number of benzene rings is 2. The number of carbonyl (C=O) groups excluding carboxylic acids is 1. The summed E-state index contributed by atoms with van der Waals surface area (Å²) in [7, 11) is -3.19. The lowest BCUT2D eigenvalue weighted by Crippen LogP contribution is -2.47. The van der Waals surface area contributed by atoms with Crippen LogP contribution in [0.5, 0.6) is 0 Å². The van der Waals surface area contributed by atoms with Crippen molar-refractivity contribution in [1.82, 2.24) is 14.2 Å². The van der Waals surface area contributed by atoms with Gasteiger partial charge in [0, 0.05) is 29.9 Å². The van der Waals surface area contributed by atoms with Gasteiger partial charge >= 0.3 is 0 Å². The van der Waals surface area contributed by atoms with Gasteiger partial charge < -0.3 is 9.88 Å². The number of pyridine rings is 1. The molecule has 1 saturated heterocycles. The van der Waals surface area contributed by atoms with Gasteiger partial charge in [-0.2, -0.15) is 0 Å². The second-order valence-electron chi connectivity index (χ2n) is 7.59. The molecule has 30 heavy (non-hydrogen) atoms. The highest BCUT2D eigenvalue weighted by atomic mass is 32.2. The van der Waals surface area contributed by atoms with Gasteiger partial charge in [0.15, 0.2) is 5.43 Å². The minimum absolute atomic E-state index is 0.0395. The number of carbonyl (C=O) groups is 1. The summed E-state index contributed by atoms with van der Waals surface area (Å²) in [5, 5.41) is 4.21. The minimum atomic E-state index is -3.19. The molecule has 0 unspecified atom stereocenters. The Morgan fingerprint density at radius 2 is 1.53 bits per heavy atom. The van der Waals surface area contributed by atoms with Crippen molar-refractivity contribution in [2.75, 3.05) is 18.8 Å². The molecule has 1 amide bonds. The SMILES string of the molecule is CCS(=O)(=O)N1CCC(NC(=O)Cn2c3ccccc3c(=O)c3ccccc32)CC1. The third kappa shape index (κ3) is 3.85. The number of sulfonamides is 1. The zero-order chi connectivity index (χ0) is 21.3. The number of piperidine rings is 1. The molecule has 3 aromatic rings. The Labute approximate surface area is 175 Å². The first-order chi connectivity index (χ1) is 14.4. The lowest BCUT2D eigenvalue weighted by atomic mass is 10.1. The number of hydrogen-bond donors (Lipinski definition) is 1. The van der Waals surface area contributed by atoms with Crippen LogP contribution in [0.1, 0.15) is 19.8 Å². The van der Waals surface area contributed by atoms with Gasteiger partial charge in [-0.1, -0.05) is 24.3 Å². The smallest absolute Gasteiger partial charge is 0.240 e. The van der Waals surface area contributed by atoms with E-state index in [0.717, 1.165) is 11.0 Å². The van der Waals surface area contributed by atoms with Gasteiger partial charge in [0.25, 0.3) is 0 Å². The number of para-hydroxylation sites is 2. The monoisotopic (exact) mass is 427 g/mol. The largest absolute Gasteiger partial charge is 0.352 e. The van der Waals surface area contributed by atoms with Crippen molar-refractivity contribution in [1.29, 1.82) is 0 Å². The van der Waals surface area contributed by atoms with Crippen molar-refractivity contribution in [3.8, 4) is 0 Å². The van der Waals surface area contributed by atoms with E-state index < -0.39 is 10.0 Å². The Bertz CT molecular complexity index is 1200. The molecule has 4 rings (SSSR count). The van der Waals surface area contributed by atoms with E-state index >= 15 is 0 Å². The predicted molar refractivity (Wildman–Crippen MR) is 118 cm³/mol. The number of hydrogen-bond acceptors (Lipinski definition) is 4. The Hall–Kier alpha value is -2.71. The van der Waals surface area contributed by atoms with E-state index in [1.807, 2.05) is 41.0 Å². The maximum absolute atomic E-state index is 12.8. The van der Waals surface area contributed by atoms with Gasteiger partial charge in [0.1, 0.15) is 6.54 Å². The number of nitrogens with zero attached hydrogens (tertiary/aromatic N) is 2. The highest BCUT2D eigenvalue weighted by molar-refractivity contribution is 7.89. The summed E-state index contributed by atoms with van der Waals surface area (Å²) >= 11 is 0. The van der Waals surface area contributed by atoms with Crippen molar-refractivity contribution in [3.05, 3.63) is 58.8 Å². The summed E-state index contributed by atoms with van der Waals surface area (Å²) in [6.45, 7) is 2.58. The third-order valence-electron chi connectivity index (χ3n) is 5.76. The van der Waals surface area contributed by atoms with Gasteiger partial charge in [-0.15, -0.1) is 0 Å². The summed E-state index contributed by atoms with van der Waals surface area (Å²) in [4.78, 5) is 25.7. The maximum atomic E-state index is 12.8. The van der Waals surface area contributed by atoms with Crippen LogP contribution in [0.4, 0.5) is 0 Å². The molecule has 7 nitrogen and oxygen atoms in total. The Morgan fingerprint density at radius 3 is 2.07 bits per heavy atom. The van der Waals surface area contributed by atoms with E-state index in [-0.39, 0.29) is 29.7 Å². The lowest BCUT2D eigenvalue weighted by molar-refractivity contribution is -0.122. The second kappa shape index (κ2) is 8.20. The fraction of sp³-hybridized carbons (Fsp3) is 0.364. The molecule has 2 heterocycles. The van der Waals surface area contributed by atoms with Gasteiger partial charge in [0.2, 0.25) is 15.9 Å². The quantitative estimate of drug-likeness (QED) is 0.632. The summed E-state index contributed by atoms with van der Waals surface area (Å²) in [5.74, 6) is -0.0537. The highest BCUT2D eigenvalue weighted by Crippen LogP contribution is 2.19. The fourth-order valence-corrected chi connectivity index (χ4v) is 5.26. The second-order valence-corrected chi connectivity index (χ2v) is 9.85. The van der Waals surface area contributed by atoms with Crippen LogP contribution in [0.15, 0.2) is 53.3 Å². The molecule has 0 saturated carbocycles. The van der Waals surface area contributed by atoms with Crippen molar-refractivity contribution >= 4 is 37.7 Å². The summed E-state index contributed by atoms with van der Waals surface area (Å²) in [6, 6.07) is 14.6. The van der Waals surface area contributed by atoms with E-state index in [1.54, 1.807) is 19.1 Å². The Morgan fingerprint density at radius 1 is 1.00 bits per heavy atom. The van der Waals surface area contributed by atoms with Gasteiger partial charge in [0.05, 0.1) is 16.8 Å². The molecule has 0 bridgehead atoms. The molecule has 0 spiro atoms. The minimum Gasteiger partial charge on any atom is -0.352 e. The molecular formula is C22H25N3O4S. The number of aromatic nitrogens is 1. The summed E-state index contributed by atoms with van der Waals surface area (Å²) < 4.78 is 27.4. The van der Waals surface area contributed by atoms with Crippen LogP contribution in [0.2, 0.25) is 0 Å². The first kappa shape index (κ1) is 20.6. The number of rotatable bonds is 5. The van der Waals surface area contributed by atoms with Gasteiger partial charge in [-0.05, 0) is 44.0 Å². The van der Waals surface area contributed by atoms with Crippen LogP contribution >= 0.6 is 0 Å². The van der Waals surface area contributed by atoms with Crippen LogP contribution in [-0.2, 0) is 21.4 Å². The molecule has 0 aliphatic carbocycles. The molecule has 1 aromatic heterocycles. The van der Waals surface area contributed by atoms with Crippen molar-refractivity contribution < 1.29 is 13.2 Å². The first-order valence-corrected chi connectivity index (χ1v) is 11.8. The molecule has 1 N–H and O–H groups in total. The summed E-state index contributed by atoms with van der Waals surface area (Å²) in [6.07, 6.45) is 1.19. The van der Waals surface area contributed by atoms with Crippen molar-refractivity contribution in [2.45, 2.75) is 32.4 Å². The Balaban J connectivity index is 1.56.